The summed E-state index contributed by atoms with van der Waals surface area (Å²) in [5, 5.41) is 3.58. The third-order valence-corrected chi connectivity index (χ3v) is 8.74. The lowest BCUT2D eigenvalue weighted by molar-refractivity contribution is -0.193. The van der Waals surface area contributed by atoms with E-state index in [-0.39, 0.29) is 22.9 Å². The van der Waals surface area contributed by atoms with E-state index in [4.69, 9.17) is 4.74 Å². The maximum atomic E-state index is 13.8. The first-order valence-corrected chi connectivity index (χ1v) is 14.6. The van der Waals surface area contributed by atoms with Crippen LogP contribution in [0.3, 0.4) is 0 Å². The highest BCUT2D eigenvalue weighted by molar-refractivity contribution is 5.73. The molecule has 2 unspecified atom stereocenters. The highest BCUT2D eigenvalue weighted by atomic mass is 16.6. The van der Waals surface area contributed by atoms with Crippen molar-refractivity contribution in [3.8, 4) is 11.3 Å². The van der Waals surface area contributed by atoms with Gasteiger partial charge in [0.15, 0.2) is 0 Å². The molecule has 202 valence electrons. The number of nitrogens with one attached hydrogen (secondary N) is 1. The van der Waals surface area contributed by atoms with Gasteiger partial charge < -0.3 is 10.1 Å². The molecule has 0 bridgehead atoms. The lowest BCUT2D eigenvalue weighted by atomic mass is 9.66. The molecule has 0 amide bonds. The van der Waals surface area contributed by atoms with Crippen LogP contribution in [0.1, 0.15) is 90.9 Å². The predicted molar refractivity (Wildman–Crippen MR) is 148 cm³/mol. The van der Waals surface area contributed by atoms with Gasteiger partial charge >= 0.3 is 5.97 Å². The molecule has 1 aliphatic carbocycles. The average molecular weight is 508 g/mol. The van der Waals surface area contributed by atoms with Crippen molar-refractivity contribution in [2.24, 2.45) is 11.3 Å². The van der Waals surface area contributed by atoms with Crippen LogP contribution in [0, 0.1) is 11.3 Å². The Morgan fingerprint density at radius 2 is 1.84 bits per heavy atom. The third-order valence-electron chi connectivity index (χ3n) is 8.74. The van der Waals surface area contributed by atoms with Gasteiger partial charge in [-0.1, -0.05) is 89.1 Å². The summed E-state index contributed by atoms with van der Waals surface area (Å²) in [5.41, 5.74) is 0.662. The fourth-order valence-electron chi connectivity index (χ4n) is 6.58. The van der Waals surface area contributed by atoms with E-state index in [2.05, 4.69) is 24.1 Å². The third kappa shape index (κ3) is 6.34. The topological polar surface area (TPSA) is 73.2 Å². The van der Waals surface area contributed by atoms with Gasteiger partial charge in [0.05, 0.1) is 24.5 Å². The number of carbonyl (C=O) groups excluding carboxylic acids is 1. The first-order valence-electron chi connectivity index (χ1n) is 14.6. The predicted octanol–water partition coefficient (Wildman–Crippen LogP) is 6.13. The zero-order valence-electron chi connectivity index (χ0n) is 22.8. The number of piperidine rings is 1. The highest BCUT2D eigenvalue weighted by Crippen LogP contribution is 2.52. The van der Waals surface area contributed by atoms with Gasteiger partial charge in [0.1, 0.15) is 5.60 Å². The van der Waals surface area contributed by atoms with Gasteiger partial charge in [0, 0.05) is 30.0 Å². The van der Waals surface area contributed by atoms with Gasteiger partial charge in [-0.25, -0.2) is 4.98 Å². The molecule has 1 spiro atoms. The smallest absolute Gasteiger partial charge is 0.309 e. The van der Waals surface area contributed by atoms with Crippen LogP contribution in [0.4, 0.5) is 0 Å². The van der Waals surface area contributed by atoms with Crippen LogP contribution in [-0.4, -0.2) is 34.2 Å². The number of hydrogen-bond donors (Lipinski definition) is 1. The summed E-state index contributed by atoms with van der Waals surface area (Å²) < 4.78 is 8.38. The summed E-state index contributed by atoms with van der Waals surface area (Å²) in [4.78, 5) is 31.7. The molecule has 2 aliphatic rings. The van der Waals surface area contributed by atoms with Crippen molar-refractivity contribution in [2.45, 2.75) is 103 Å². The number of aromatic nitrogens is 2. The van der Waals surface area contributed by atoms with Crippen molar-refractivity contribution in [3.05, 3.63) is 53.1 Å². The van der Waals surface area contributed by atoms with Crippen molar-refractivity contribution in [1.29, 1.82) is 0 Å². The van der Waals surface area contributed by atoms with E-state index >= 15 is 0 Å². The van der Waals surface area contributed by atoms with E-state index in [0.29, 0.717) is 12.2 Å². The molecule has 2 fully saturated rings. The summed E-state index contributed by atoms with van der Waals surface area (Å²) >= 11 is 0. The number of ether oxygens (including phenoxy) is 1. The van der Waals surface area contributed by atoms with E-state index in [0.717, 1.165) is 82.9 Å². The summed E-state index contributed by atoms with van der Waals surface area (Å²) in [6, 6.07) is 11.4. The maximum absolute atomic E-state index is 13.8. The van der Waals surface area contributed by atoms with E-state index < -0.39 is 5.60 Å². The van der Waals surface area contributed by atoms with Gasteiger partial charge in [0.2, 0.25) is 0 Å². The standard InChI is InChI=1S/C31H45N3O3/c1-3-5-6-8-16-26(13-4-2)29(36)37-31(19-20-32-22-30(31)17-11-12-18-30)23-34-24-33-27(21-28(34)35)25-14-9-7-10-15-25/h7,9-10,14-15,21,24,26,32H,3-6,8,11-13,16-20,22-23H2,1-2H3. The summed E-state index contributed by atoms with van der Waals surface area (Å²) in [7, 11) is 0. The first kappa shape index (κ1) is 27.6. The minimum atomic E-state index is -0.693. The lowest BCUT2D eigenvalue weighted by Gasteiger charge is -2.52. The molecule has 6 nitrogen and oxygen atoms in total. The summed E-state index contributed by atoms with van der Waals surface area (Å²) in [6.45, 7) is 6.34. The second-order valence-electron chi connectivity index (χ2n) is 11.3. The van der Waals surface area contributed by atoms with Crippen LogP contribution < -0.4 is 10.9 Å². The number of esters is 1. The SMILES string of the molecule is CCCCCCC(CCC)C(=O)OC1(Cn2cnc(-c3ccccc3)cc2=O)CCNCC12CCCC2. The van der Waals surface area contributed by atoms with E-state index in [1.54, 1.807) is 17.0 Å². The van der Waals surface area contributed by atoms with Crippen LogP contribution in [0.5, 0.6) is 0 Å². The zero-order chi connectivity index (χ0) is 26.1. The molecule has 1 aromatic carbocycles. The first-order chi connectivity index (χ1) is 18.0. The molecule has 6 heteroatoms. The maximum Gasteiger partial charge on any atom is 0.309 e. The Balaban J connectivity index is 1.62. The molecular formula is C31H45N3O3. The van der Waals surface area contributed by atoms with Crippen LogP contribution in [0.15, 0.2) is 47.5 Å². The molecule has 1 saturated carbocycles. The molecule has 1 aliphatic heterocycles. The van der Waals surface area contributed by atoms with Crippen molar-refractivity contribution in [3.63, 3.8) is 0 Å². The van der Waals surface area contributed by atoms with Gasteiger partial charge in [-0.15, -0.1) is 0 Å². The zero-order valence-corrected chi connectivity index (χ0v) is 22.8. The molecule has 1 aromatic heterocycles. The van der Waals surface area contributed by atoms with Crippen molar-refractivity contribution >= 4 is 5.97 Å². The highest BCUT2D eigenvalue weighted by Gasteiger charge is 2.57. The number of unbranched alkanes of at least 4 members (excludes halogenated alkanes) is 3. The van der Waals surface area contributed by atoms with Crippen LogP contribution in [-0.2, 0) is 16.1 Å². The Bertz CT molecular complexity index is 1060. The van der Waals surface area contributed by atoms with Crippen LogP contribution >= 0.6 is 0 Å². The van der Waals surface area contributed by atoms with Crippen molar-refractivity contribution in [2.75, 3.05) is 13.1 Å². The van der Waals surface area contributed by atoms with Gasteiger partial charge in [0.25, 0.3) is 5.56 Å². The summed E-state index contributed by atoms with van der Waals surface area (Å²) in [6.07, 6.45) is 14.0. The molecule has 1 N–H and O–H groups in total. The van der Waals surface area contributed by atoms with Gasteiger partial charge in [-0.05, 0) is 32.2 Å². The molecule has 4 rings (SSSR count). The van der Waals surface area contributed by atoms with Gasteiger partial charge in [-0.2, -0.15) is 0 Å². The Morgan fingerprint density at radius 1 is 1.05 bits per heavy atom. The molecule has 2 aromatic rings. The van der Waals surface area contributed by atoms with Crippen molar-refractivity contribution in [1.82, 2.24) is 14.9 Å². The fraction of sp³-hybridized carbons (Fsp3) is 0.645. The summed E-state index contributed by atoms with van der Waals surface area (Å²) in [5.74, 6) is -0.129. The molecule has 1 saturated heterocycles. The van der Waals surface area contributed by atoms with E-state index in [1.807, 2.05) is 30.3 Å². The van der Waals surface area contributed by atoms with Gasteiger partial charge in [-0.3, -0.25) is 14.2 Å². The Morgan fingerprint density at radius 3 is 2.54 bits per heavy atom. The number of hydrogen-bond acceptors (Lipinski definition) is 5. The Hall–Kier alpha value is -2.47. The number of carbonyl (C=O) groups is 1. The molecule has 0 radical (unpaired) electrons. The molecule has 2 heterocycles. The van der Waals surface area contributed by atoms with E-state index in [9.17, 15) is 9.59 Å². The molecular weight excluding hydrogens is 462 g/mol. The fourth-order valence-corrected chi connectivity index (χ4v) is 6.58. The molecule has 37 heavy (non-hydrogen) atoms. The Kier molecular flexibility index (Phi) is 9.58. The van der Waals surface area contributed by atoms with E-state index in [1.165, 1.54) is 12.8 Å². The number of benzene rings is 1. The normalized spacial score (nSPS) is 21.7. The second-order valence-corrected chi connectivity index (χ2v) is 11.3. The largest absolute Gasteiger partial charge is 0.456 e. The van der Waals surface area contributed by atoms with Crippen LogP contribution in [0.25, 0.3) is 11.3 Å². The lowest BCUT2D eigenvalue weighted by Crippen LogP contribution is -2.62. The number of rotatable bonds is 12. The quantitative estimate of drug-likeness (QED) is 0.276. The Labute approximate surface area is 222 Å². The average Bonchev–Trinajstić information content (AvgIpc) is 3.39. The number of nitrogens with zero attached hydrogens (tertiary/aromatic N) is 2. The second kappa shape index (κ2) is 12.9. The minimum absolute atomic E-state index is 0.0616. The molecule has 2 atom stereocenters. The monoisotopic (exact) mass is 507 g/mol. The minimum Gasteiger partial charge on any atom is -0.456 e. The van der Waals surface area contributed by atoms with Crippen LogP contribution in [0.2, 0.25) is 0 Å². The van der Waals surface area contributed by atoms with Crippen molar-refractivity contribution < 1.29 is 9.53 Å².